The van der Waals surface area contributed by atoms with Crippen molar-refractivity contribution < 1.29 is 8.39 Å². The standard InChI is InChI=1S/F2P.Li/c1-3-2;/q-1;+1. The van der Waals surface area contributed by atoms with Gasteiger partial charge < -0.3 is 0 Å². The summed E-state index contributed by atoms with van der Waals surface area (Å²) in [6.45, 7) is -2.62. The second-order valence-electron chi connectivity index (χ2n) is 0.402. The second kappa shape index (κ2) is 2.14. The predicted molar refractivity (Wildman–Crippen MR) is 14.9 cm³/mol. The van der Waals surface area contributed by atoms with Crippen LogP contribution in [-0.4, -0.2) is 17.2 Å². The number of rotatable bonds is 0. The first kappa shape index (κ1) is 4.89. The first-order chi connectivity index (χ1) is 1.73. The van der Waals surface area contributed by atoms with E-state index in [2.05, 4.69) is 0 Å². The Morgan fingerprint density at radius 3 is 1.50 bits per heavy atom. The molecule has 0 amide bonds. The number of hydrogen-bond donors (Lipinski definition) is 0. The van der Waals surface area contributed by atoms with Gasteiger partial charge in [0.25, 0.3) is 0 Å². The van der Waals surface area contributed by atoms with Gasteiger partial charge in [0, 0.05) is 0 Å². The van der Waals surface area contributed by atoms with E-state index in [-0.39, 0.29) is 0 Å². The molecule has 0 aliphatic heterocycles. The minimum atomic E-state index is -2.62. The molecule has 0 saturated carbocycles. The van der Waals surface area contributed by atoms with E-state index in [1.54, 1.807) is 0 Å². The fourth-order valence-corrected chi connectivity index (χ4v) is 0. The average Bonchev–Trinajstić information content (AvgIpc) is 0.811. The van der Waals surface area contributed by atoms with Crippen LogP contribution < -0.4 is 0 Å². The van der Waals surface area contributed by atoms with E-state index in [1.807, 2.05) is 0 Å². The molecule has 4 heavy (non-hydrogen) atoms. The third kappa shape index (κ3) is 13.1. The van der Waals surface area contributed by atoms with E-state index in [1.165, 1.54) is 0 Å². The van der Waals surface area contributed by atoms with Crippen molar-refractivity contribution in [3.8, 4) is 0 Å². The Labute approximate surface area is 33.3 Å². The number of hydrogen-bond acceptors (Lipinski definition) is 0. The molecule has 0 unspecified atom stereocenters. The van der Waals surface area contributed by atoms with E-state index in [4.69, 9.17) is 0 Å². The summed E-state index contributed by atoms with van der Waals surface area (Å²) in [7, 11) is 0. The Morgan fingerprint density at radius 2 is 1.50 bits per heavy atom. The van der Waals surface area contributed by atoms with Crippen LogP contribution in [0.15, 0.2) is 0 Å². The van der Waals surface area contributed by atoms with Gasteiger partial charge in [0.05, 0.1) is 0 Å². The van der Waals surface area contributed by atoms with Crippen molar-refractivity contribution in [1.29, 1.82) is 0 Å². The molecule has 0 fully saturated rings. The van der Waals surface area contributed by atoms with Crippen LogP contribution in [0.1, 0.15) is 0 Å². The van der Waals surface area contributed by atoms with Gasteiger partial charge in [-0.05, 0) is 0 Å². The summed E-state index contributed by atoms with van der Waals surface area (Å²) in [5.74, 6) is 0. The first-order valence-corrected chi connectivity index (χ1v) is 2.36. The monoisotopic (exact) mass is 76.0 g/mol. The molecule has 20 valence electrons. The molecule has 0 nitrogen and oxygen atoms in total. The van der Waals surface area contributed by atoms with Gasteiger partial charge in [-0.15, -0.1) is 0 Å². The van der Waals surface area contributed by atoms with Crippen LogP contribution in [0.25, 0.3) is 0 Å². The first-order valence-electron chi connectivity index (χ1n) is 0.785. The van der Waals surface area contributed by atoms with Gasteiger partial charge in [0.15, 0.2) is 0 Å². The molecule has 0 aromatic heterocycles. The summed E-state index contributed by atoms with van der Waals surface area (Å²) in [5.41, 5.74) is 0. The van der Waals surface area contributed by atoms with Gasteiger partial charge in [-0.2, -0.15) is 0 Å². The Hall–Kier alpha value is 0.887. The van der Waals surface area contributed by atoms with E-state index < -0.39 is 6.97 Å². The molecule has 0 N–H and O–H groups in total. The maximum atomic E-state index is 10.4. The summed E-state index contributed by atoms with van der Waals surface area (Å²) in [5, 5.41) is 0. The summed E-state index contributed by atoms with van der Waals surface area (Å²) in [6.07, 6.45) is 0. The molecular formula is F2LiP. The summed E-state index contributed by atoms with van der Waals surface area (Å²) < 4.78 is 20.8. The molecule has 0 aliphatic carbocycles. The van der Waals surface area contributed by atoms with Crippen LogP contribution in [0.3, 0.4) is 0 Å². The molecule has 0 saturated heterocycles. The molecule has 0 aliphatic rings. The van der Waals surface area contributed by atoms with Gasteiger partial charge in [0.2, 0.25) is 0 Å². The van der Waals surface area contributed by atoms with Crippen molar-refractivity contribution in [2.45, 2.75) is 0 Å². The molecule has 0 spiro atoms. The van der Waals surface area contributed by atoms with Gasteiger partial charge in [-0.1, -0.05) is 0 Å². The summed E-state index contributed by atoms with van der Waals surface area (Å²) >= 11 is 0.898. The summed E-state index contributed by atoms with van der Waals surface area (Å²) in [4.78, 5) is 0. The molecular weight excluding hydrogens is 75.9 g/mol. The zero-order valence-corrected chi connectivity index (χ0v) is 3.10. The van der Waals surface area contributed by atoms with Crippen LogP contribution in [0.4, 0.5) is 8.39 Å². The van der Waals surface area contributed by atoms with Crippen LogP contribution in [0.2, 0.25) is 0 Å². The van der Waals surface area contributed by atoms with Gasteiger partial charge >= 0.3 is 32.6 Å². The van der Waals surface area contributed by atoms with Gasteiger partial charge in [-0.25, -0.2) is 0 Å². The Morgan fingerprint density at radius 1 is 1.50 bits per heavy atom. The molecule has 0 rings (SSSR count). The van der Waals surface area contributed by atoms with Crippen molar-refractivity contribution in [2.75, 3.05) is 0 Å². The zero-order chi connectivity index (χ0) is 3.58. The Balaban J connectivity index is 2.32. The van der Waals surface area contributed by atoms with Crippen molar-refractivity contribution in [3.63, 3.8) is 0 Å². The Bertz CT molecular complexity index is 10.8. The zero-order valence-electron chi connectivity index (χ0n) is 2.20. The average molecular weight is 75.9 g/mol. The molecule has 0 radical (unpaired) electrons. The molecule has 0 heterocycles. The summed E-state index contributed by atoms with van der Waals surface area (Å²) in [6, 6.07) is 0. The van der Waals surface area contributed by atoms with E-state index in [0.717, 1.165) is 17.2 Å². The maximum absolute atomic E-state index is 10.4. The third-order valence-corrected chi connectivity index (χ3v) is 0. The van der Waals surface area contributed by atoms with Crippen molar-refractivity contribution in [3.05, 3.63) is 0 Å². The van der Waals surface area contributed by atoms with Crippen LogP contribution in [0.5, 0.6) is 0 Å². The van der Waals surface area contributed by atoms with E-state index >= 15 is 0 Å². The molecule has 4 heteroatoms. The molecule has 0 aromatic rings. The van der Waals surface area contributed by atoms with Crippen LogP contribution in [0, 0.1) is 0 Å². The predicted octanol–water partition coefficient (Wildman–Crippen LogP) is 1.32. The Kier molecular flexibility index (Phi) is 2.62. The SMILES string of the molecule is [Li][P](F)F. The number of halogens is 2. The van der Waals surface area contributed by atoms with Crippen molar-refractivity contribution >= 4 is 24.2 Å². The van der Waals surface area contributed by atoms with Crippen molar-refractivity contribution in [2.24, 2.45) is 0 Å². The topological polar surface area (TPSA) is 0 Å². The molecule has 0 bridgehead atoms. The van der Waals surface area contributed by atoms with E-state index in [0.29, 0.717) is 0 Å². The fourth-order valence-electron chi connectivity index (χ4n) is 0. The third-order valence-electron chi connectivity index (χ3n) is 0. The van der Waals surface area contributed by atoms with Crippen molar-refractivity contribution in [1.82, 2.24) is 0 Å². The van der Waals surface area contributed by atoms with Gasteiger partial charge in [-0.3, -0.25) is 0 Å². The second-order valence-corrected chi connectivity index (χ2v) is 1.21. The molecule has 0 aromatic carbocycles. The van der Waals surface area contributed by atoms with Crippen LogP contribution >= 0.6 is 6.97 Å². The van der Waals surface area contributed by atoms with E-state index in [9.17, 15) is 8.39 Å². The van der Waals surface area contributed by atoms with Gasteiger partial charge in [0.1, 0.15) is 0 Å². The minimum absolute atomic E-state index is 0.898. The fraction of sp³-hybridized carbons (Fsp3) is 0. The van der Waals surface area contributed by atoms with Crippen LogP contribution in [-0.2, 0) is 0 Å². The normalized spacial score (nSPS) is 9.25. The molecule has 0 atom stereocenters. The quantitative estimate of drug-likeness (QED) is 0.301.